The molecule has 0 spiro atoms. The molecule has 1 fully saturated rings. The molecule has 176 valence electrons. The van der Waals surface area contributed by atoms with Gasteiger partial charge in [-0.3, -0.25) is 14.5 Å². The minimum Gasteiger partial charge on any atom is -0.324 e. The van der Waals surface area contributed by atoms with E-state index in [0.717, 1.165) is 21.7 Å². The van der Waals surface area contributed by atoms with E-state index >= 15 is 0 Å². The maximum absolute atomic E-state index is 14.3. The summed E-state index contributed by atoms with van der Waals surface area (Å²) in [5.41, 5.74) is -0.408. The van der Waals surface area contributed by atoms with E-state index in [2.05, 4.69) is 26.2 Å². The predicted octanol–water partition coefficient (Wildman–Crippen LogP) is 2.67. The van der Waals surface area contributed by atoms with Gasteiger partial charge in [0.2, 0.25) is 5.91 Å². The van der Waals surface area contributed by atoms with E-state index in [-0.39, 0.29) is 11.4 Å². The van der Waals surface area contributed by atoms with Gasteiger partial charge in [-0.2, -0.15) is 4.68 Å². The number of tetrazole rings is 1. The number of anilines is 1. The summed E-state index contributed by atoms with van der Waals surface area (Å²) in [5, 5.41) is 18.2. The Bertz CT molecular complexity index is 1500. The molecule has 11 heteroatoms. The molecule has 3 aromatic carbocycles. The van der Waals surface area contributed by atoms with E-state index in [1.807, 2.05) is 36.4 Å². The lowest BCUT2D eigenvalue weighted by atomic mass is 9.90. The first-order valence-corrected chi connectivity index (χ1v) is 10.7. The highest BCUT2D eigenvalue weighted by molar-refractivity contribution is 6.10. The highest BCUT2D eigenvalue weighted by Crippen LogP contribution is 2.31. The minimum absolute atomic E-state index is 0.0455. The third-order valence-electron chi connectivity index (χ3n) is 5.99. The van der Waals surface area contributed by atoms with Crippen molar-refractivity contribution in [2.24, 2.45) is 0 Å². The van der Waals surface area contributed by atoms with Crippen LogP contribution < -0.4 is 10.6 Å². The van der Waals surface area contributed by atoms with Gasteiger partial charge in [0.05, 0.1) is 0 Å². The van der Waals surface area contributed by atoms with Crippen molar-refractivity contribution in [2.75, 3.05) is 11.9 Å². The van der Waals surface area contributed by atoms with Gasteiger partial charge >= 0.3 is 6.03 Å². The van der Waals surface area contributed by atoms with Crippen molar-refractivity contribution in [3.05, 3.63) is 77.9 Å². The number of benzene rings is 3. The monoisotopic (exact) mass is 473 g/mol. The van der Waals surface area contributed by atoms with E-state index in [9.17, 15) is 18.8 Å². The standard InChI is InChI=1S/C24H20FN7O3/c1-14-28-29-30-32(14)20-12-18(9-10-19(20)25)26-21(33)13-31-22(34)24(2,27-23(31)35)17-8-7-15-5-3-4-6-16(15)11-17/h3-12H,13H2,1-2H3,(H,26,33)(H,27,35). The van der Waals surface area contributed by atoms with Crippen LogP contribution in [0.25, 0.3) is 16.5 Å². The molecule has 4 aromatic rings. The van der Waals surface area contributed by atoms with Crippen LogP contribution in [0.5, 0.6) is 0 Å². The lowest BCUT2D eigenvalue weighted by Crippen LogP contribution is -2.42. The van der Waals surface area contributed by atoms with E-state index in [1.54, 1.807) is 19.9 Å². The quantitative estimate of drug-likeness (QED) is 0.430. The summed E-state index contributed by atoms with van der Waals surface area (Å²) in [6.07, 6.45) is 0. The van der Waals surface area contributed by atoms with E-state index in [4.69, 9.17) is 0 Å². The van der Waals surface area contributed by atoms with Crippen LogP contribution in [0.2, 0.25) is 0 Å². The van der Waals surface area contributed by atoms with E-state index in [1.165, 1.54) is 16.8 Å². The molecule has 1 atom stereocenters. The summed E-state index contributed by atoms with van der Waals surface area (Å²) < 4.78 is 15.5. The normalized spacial score (nSPS) is 17.6. The van der Waals surface area contributed by atoms with Gasteiger partial charge in [0.15, 0.2) is 5.82 Å². The number of hydrogen-bond acceptors (Lipinski definition) is 6. The molecule has 1 aliphatic heterocycles. The summed E-state index contributed by atoms with van der Waals surface area (Å²) in [4.78, 5) is 39.5. The Kier molecular flexibility index (Phi) is 5.24. The van der Waals surface area contributed by atoms with Crippen LogP contribution in [0.1, 0.15) is 18.3 Å². The van der Waals surface area contributed by atoms with E-state index < -0.39 is 35.7 Å². The van der Waals surface area contributed by atoms with Crippen molar-refractivity contribution in [3.8, 4) is 5.69 Å². The second kappa shape index (κ2) is 8.28. The van der Waals surface area contributed by atoms with Crippen molar-refractivity contribution in [1.82, 2.24) is 30.4 Å². The maximum Gasteiger partial charge on any atom is 0.325 e. The molecule has 1 aliphatic rings. The van der Waals surface area contributed by atoms with Gasteiger partial charge in [0.25, 0.3) is 5.91 Å². The summed E-state index contributed by atoms with van der Waals surface area (Å²) in [6, 6.07) is 16.4. The molecule has 2 heterocycles. The number of urea groups is 1. The molecular weight excluding hydrogens is 453 g/mol. The molecular formula is C24H20FN7O3. The maximum atomic E-state index is 14.3. The molecule has 0 radical (unpaired) electrons. The van der Waals surface area contributed by atoms with Crippen LogP contribution >= 0.6 is 0 Å². The molecule has 0 aliphatic carbocycles. The highest BCUT2D eigenvalue weighted by Gasteiger charge is 2.49. The number of carbonyl (C=O) groups excluding carboxylic acids is 3. The number of imide groups is 1. The van der Waals surface area contributed by atoms with Crippen LogP contribution in [0.4, 0.5) is 14.9 Å². The topological polar surface area (TPSA) is 122 Å². The van der Waals surface area contributed by atoms with Gasteiger partial charge in [-0.05, 0) is 64.9 Å². The van der Waals surface area contributed by atoms with Gasteiger partial charge < -0.3 is 10.6 Å². The number of amides is 4. The molecule has 2 N–H and O–H groups in total. The van der Waals surface area contributed by atoms with Crippen LogP contribution in [0.15, 0.2) is 60.7 Å². The zero-order valence-corrected chi connectivity index (χ0v) is 18.8. The fraction of sp³-hybridized carbons (Fsp3) is 0.167. The molecule has 0 saturated carbocycles. The number of halogens is 1. The fourth-order valence-corrected chi connectivity index (χ4v) is 4.09. The van der Waals surface area contributed by atoms with Gasteiger partial charge in [-0.1, -0.05) is 36.4 Å². The fourth-order valence-electron chi connectivity index (χ4n) is 4.09. The largest absolute Gasteiger partial charge is 0.325 e. The van der Waals surface area contributed by atoms with Gasteiger partial charge in [-0.25, -0.2) is 9.18 Å². The first-order valence-electron chi connectivity index (χ1n) is 10.7. The van der Waals surface area contributed by atoms with Crippen molar-refractivity contribution in [2.45, 2.75) is 19.4 Å². The zero-order chi connectivity index (χ0) is 24.7. The molecule has 5 rings (SSSR count). The Hall–Kier alpha value is -4.67. The van der Waals surface area contributed by atoms with Crippen LogP contribution in [0, 0.1) is 12.7 Å². The Labute approximate surface area is 198 Å². The van der Waals surface area contributed by atoms with Crippen LogP contribution in [0.3, 0.4) is 0 Å². The summed E-state index contributed by atoms with van der Waals surface area (Å²) in [7, 11) is 0. The highest BCUT2D eigenvalue weighted by atomic mass is 19.1. The van der Waals surface area contributed by atoms with Crippen molar-refractivity contribution >= 4 is 34.3 Å². The van der Waals surface area contributed by atoms with E-state index in [0.29, 0.717) is 11.4 Å². The third-order valence-corrected chi connectivity index (χ3v) is 5.99. The Balaban J connectivity index is 1.34. The SMILES string of the molecule is Cc1nnnn1-c1cc(NC(=O)CN2C(=O)NC(C)(c3ccc4ccccc4c3)C2=O)ccc1F. The number of aromatic nitrogens is 4. The predicted molar refractivity (Wildman–Crippen MR) is 124 cm³/mol. The summed E-state index contributed by atoms with van der Waals surface area (Å²) in [5.74, 6) is -1.39. The van der Waals surface area contributed by atoms with Gasteiger partial charge in [0.1, 0.15) is 23.6 Å². The first-order chi connectivity index (χ1) is 16.8. The first kappa shape index (κ1) is 22.1. The molecule has 35 heavy (non-hydrogen) atoms. The second-order valence-electron chi connectivity index (χ2n) is 8.36. The van der Waals surface area contributed by atoms with Crippen molar-refractivity contribution in [1.29, 1.82) is 0 Å². The number of rotatable bonds is 5. The minimum atomic E-state index is -1.32. The Morgan fingerprint density at radius 2 is 1.86 bits per heavy atom. The average molecular weight is 473 g/mol. The number of aryl methyl sites for hydroxylation is 1. The molecule has 1 saturated heterocycles. The third kappa shape index (κ3) is 3.86. The molecule has 1 aromatic heterocycles. The van der Waals surface area contributed by atoms with Crippen LogP contribution in [-0.4, -0.2) is 49.5 Å². The average Bonchev–Trinajstić information content (AvgIpc) is 3.36. The second-order valence-corrected chi connectivity index (χ2v) is 8.36. The number of carbonyl (C=O) groups is 3. The van der Waals surface area contributed by atoms with Gasteiger partial charge in [0, 0.05) is 5.69 Å². The number of nitrogens with one attached hydrogen (secondary N) is 2. The van der Waals surface area contributed by atoms with Crippen molar-refractivity contribution in [3.63, 3.8) is 0 Å². The Morgan fingerprint density at radius 1 is 1.09 bits per heavy atom. The number of nitrogens with zero attached hydrogens (tertiary/aromatic N) is 5. The number of hydrogen-bond donors (Lipinski definition) is 2. The lowest BCUT2D eigenvalue weighted by Gasteiger charge is -2.22. The lowest BCUT2D eigenvalue weighted by molar-refractivity contribution is -0.133. The molecule has 0 bridgehead atoms. The molecule has 10 nitrogen and oxygen atoms in total. The van der Waals surface area contributed by atoms with Gasteiger partial charge in [-0.15, -0.1) is 5.10 Å². The van der Waals surface area contributed by atoms with Crippen LogP contribution in [-0.2, 0) is 15.1 Å². The number of fused-ring (bicyclic) bond motifs is 1. The smallest absolute Gasteiger partial charge is 0.324 e. The zero-order valence-electron chi connectivity index (χ0n) is 18.8. The molecule has 4 amide bonds. The van der Waals surface area contributed by atoms with Crippen molar-refractivity contribution < 1.29 is 18.8 Å². The molecule has 1 unspecified atom stereocenters. The summed E-state index contributed by atoms with van der Waals surface area (Å²) >= 11 is 0. The summed E-state index contributed by atoms with van der Waals surface area (Å²) in [6.45, 7) is 2.70. The Morgan fingerprint density at radius 3 is 2.60 bits per heavy atom.